The first-order chi connectivity index (χ1) is 8.86. The summed E-state index contributed by atoms with van der Waals surface area (Å²) in [4.78, 5) is 0. The van der Waals surface area contributed by atoms with Gasteiger partial charge in [0.15, 0.2) is 0 Å². The molecule has 0 saturated carbocycles. The average Bonchev–Trinajstić information content (AvgIpc) is 2.70. The highest BCUT2D eigenvalue weighted by atomic mass is 79.9. The zero-order valence-corrected chi connectivity index (χ0v) is 14.0. The SMILES string of the molecule is CCOC(C(NN)c1c(Br)cnn1CC)C(C)(C)C. The summed E-state index contributed by atoms with van der Waals surface area (Å²) in [7, 11) is 0. The molecule has 110 valence electrons. The Kier molecular flexibility index (Phi) is 5.98. The molecule has 0 spiro atoms. The van der Waals surface area contributed by atoms with Gasteiger partial charge in [0.25, 0.3) is 0 Å². The summed E-state index contributed by atoms with van der Waals surface area (Å²) in [5.74, 6) is 5.79. The molecule has 0 aliphatic heterocycles. The molecule has 0 aliphatic rings. The molecule has 6 heteroatoms. The van der Waals surface area contributed by atoms with Crippen LogP contribution in [0.25, 0.3) is 0 Å². The second-order valence-electron chi connectivity index (χ2n) is 5.58. The second kappa shape index (κ2) is 6.83. The highest BCUT2D eigenvalue weighted by Crippen LogP contribution is 2.35. The van der Waals surface area contributed by atoms with Crippen molar-refractivity contribution < 1.29 is 4.74 Å². The van der Waals surface area contributed by atoms with Gasteiger partial charge in [-0.1, -0.05) is 20.8 Å². The highest BCUT2D eigenvalue weighted by Gasteiger charge is 2.36. The molecule has 0 aliphatic carbocycles. The molecule has 5 nitrogen and oxygen atoms in total. The Morgan fingerprint density at radius 1 is 1.47 bits per heavy atom. The molecular weight excluding hydrogens is 308 g/mol. The summed E-state index contributed by atoms with van der Waals surface area (Å²) in [6.45, 7) is 12.0. The molecule has 0 saturated heterocycles. The van der Waals surface area contributed by atoms with Crippen molar-refractivity contribution in [3.8, 4) is 0 Å². The van der Waals surface area contributed by atoms with Crippen molar-refractivity contribution in [2.45, 2.75) is 53.3 Å². The number of ether oxygens (including phenoxy) is 1. The van der Waals surface area contributed by atoms with E-state index in [0.717, 1.165) is 16.7 Å². The number of nitrogens with zero attached hydrogens (tertiary/aromatic N) is 2. The third kappa shape index (κ3) is 3.78. The normalized spacial score (nSPS) is 15.5. The Morgan fingerprint density at radius 3 is 2.53 bits per heavy atom. The summed E-state index contributed by atoms with van der Waals surface area (Å²) >= 11 is 3.55. The predicted octanol–water partition coefficient (Wildman–Crippen LogP) is 2.62. The van der Waals surface area contributed by atoms with Crippen LogP contribution in [0.2, 0.25) is 0 Å². The Hall–Kier alpha value is -0.430. The van der Waals surface area contributed by atoms with Gasteiger partial charge in [-0.2, -0.15) is 5.10 Å². The van der Waals surface area contributed by atoms with Crippen LogP contribution in [0, 0.1) is 5.41 Å². The van der Waals surface area contributed by atoms with Crippen molar-refractivity contribution in [3.05, 3.63) is 16.4 Å². The summed E-state index contributed by atoms with van der Waals surface area (Å²) in [6.07, 6.45) is 1.76. The zero-order chi connectivity index (χ0) is 14.6. The van der Waals surface area contributed by atoms with E-state index in [1.165, 1.54) is 0 Å². The van der Waals surface area contributed by atoms with Gasteiger partial charge in [-0.25, -0.2) is 5.43 Å². The number of halogens is 1. The van der Waals surface area contributed by atoms with Gasteiger partial charge in [0.1, 0.15) is 0 Å². The molecular formula is C13H25BrN4O. The minimum absolute atomic E-state index is 0.0324. The lowest BCUT2D eigenvalue weighted by Gasteiger charge is -2.36. The van der Waals surface area contributed by atoms with E-state index in [9.17, 15) is 0 Å². The maximum Gasteiger partial charge on any atom is 0.0906 e. The number of aryl methyl sites for hydroxylation is 1. The quantitative estimate of drug-likeness (QED) is 0.620. The van der Waals surface area contributed by atoms with Crippen molar-refractivity contribution in [2.24, 2.45) is 11.3 Å². The molecule has 1 heterocycles. The fraction of sp³-hybridized carbons (Fsp3) is 0.769. The fourth-order valence-corrected chi connectivity index (χ4v) is 2.81. The molecule has 0 radical (unpaired) electrons. The van der Waals surface area contributed by atoms with Crippen molar-refractivity contribution in [1.29, 1.82) is 0 Å². The fourth-order valence-electron chi connectivity index (χ4n) is 2.27. The zero-order valence-electron chi connectivity index (χ0n) is 12.4. The van der Waals surface area contributed by atoms with E-state index in [-0.39, 0.29) is 17.6 Å². The van der Waals surface area contributed by atoms with E-state index >= 15 is 0 Å². The summed E-state index contributed by atoms with van der Waals surface area (Å²) in [5, 5.41) is 4.35. The second-order valence-corrected chi connectivity index (χ2v) is 6.43. The number of rotatable bonds is 6. The number of hydrogen-bond donors (Lipinski definition) is 2. The number of nitrogens with two attached hydrogens (primary N) is 1. The van der Waals surface area contributed by atoms with Crippen LogP contribution in [0.15, 0.2) is 10.7 Å². The molecule has 1 aromatic heterocycles. The lowest BCUT2D eigenvalue weighted by Crippen LogP contribution is -2.45. The molecule has 2 atom stereocenters. The highest BCUT2D eigenvalue weighted by molar-refractivity contribution is 9.10. The molecule has 1 aromatic rings. The first-order valence-corrected chi connectivity index (χ1v) is 7.45. The minimum atomic E-state index is -0.114. The van der Waals surface area contributed by atoms with Crippen molar-refractivity contribution in [1.82, 2.24) is 15.2 Å². The largest absolute Gasteiger partial charge is 0.376 e. The maximum atomic E-state index is 5.93. The van der Waals surface area contributed by atoms with E-state index in [2.05, 4.69) is 54.1 Å². The van der Waals surface area contributed by atoms with Crippen molar-refractivity contribution in [2.75, 3.05) is 6.61 Å². The summed E-state index contributed by atoms with van der Waals surface area (Å²) < 4.78 is 8.82. The maximum absolute atomic E-state index is 5.93. The van der Waals surface area contributed by atoms with Gasteiger partial charge in [-0.15, -0.1) is 0 Å². The molecule has 0 bridgehead atoms. The lowest BCUT2D eigenvalue weighted by molar-refractivity contribution is -0.0385. The van der Waals surface area contributed by atoms with E-state index < -0.39 is 0 Å². The number of nitrogens with one attached hydrogen (secondary N) is 1. The molecule has 0 aromatic carbocycles. The van der Waals surface area contributed by atoms with Crippen LogP contribution < -0.4 is 11.3 Å². The molecule has 0 fully saturated rings. The monoisotopic (exact) mass is 332 g/mol. The molecule has 0 amide bonds. The summed E-state index contributed by atoms with van der Waals surface area (Å²) in [5.41, 5.74) is 3.89. The Balaban J connectivity index is 3.19. The van der Waals surface area contributed by atoms with Crippen LogP contribution in [-0.4, -0.2) is 22.5 Å². The first kappa shape index (κ1) is 16.6. The standard InChI is InChI=1S/C13H25BrN4O/c1-6-18-11(9(14)8-16-18)10(17-15)12(19-7-2)13(3,4)5/h8,10,12,17H,6-7,15H2,1-5H3. The van der Waals surface area contributed by atoms with Gasteiger partial charge in [0.05, 0.1) is 28.5 Å². The average molecular weight is 333 g/mol. The van der Waals surface area contributed by atoms with E-state index in [1.807, 2.05) is 11.6 Å². The molecule has 3 N–H and O–H groups in total. The van der Waals surface area contributed by atoms with E-state index in [1.54, 1.807) is 6.20 Å². The predicted molar refractivity (Wildman–Crippen MR) is 80.5 cm³/mol. The smallest absolute Gasteiger partial charge is 0.0906 e. The summed E-state index contributed by atoms with van der Waals surface area (Å²) in [6, 6.07) is -0.114. The van der Waals surface area contributed by atoms with Crippen LogP contribution >= 0.6 is 15.9 Å². The number of aromatic nitrogens is 2. The van der Waals surface area contributed by atoms with Gasteiger partial charge in [0, 0.05) is 13.2 Å². The van der Waals surface area contributed by atoms with Gasteiger partial charge < -0.3 is 4.74 Å². The molecule has 1 rings (SSSR count). The van der Waals surface area contributed by atoms with Crippen LogP contribution in [0.4, 0.5) is 0 Å². The minimum Gasteiger partial charge on any atom is -0.376 e. The van der Waals surface area contributed by atoms with Gasteiger partial charge >= 0.3 is 0 Å². The van der Waals surface area contributed by atoms with Crippen molar-refractivity contribution >= 4 is 15.9 Å². The number of hydrogen-bond acceptors (Lipinski definition) is 4. The van der Waals surface area contributed by atoms with Gasteiger partial charge in [-0.05, 0) is 35.2 Å². The van der Waals surface area contributed by atoms with Crippen molar-refractivity contribution in [3.63, 3.8) is 0 Å². The first-order valence-electron chi connectivity index (χ1n) is 6.65. The molecule has 2 unspecified atom stereocenters. The molecule has 19 heavy (non-hydrogen) atoms. The van der Waals surface area contributed by atoms with Gasteiger partial charge in [0.2, 0.25) is 0 Å². The topological polar surface area (TPSA) is 65.1 Å². The van der Waals surface area contributed by atoms with Gasteiger partial charge in [-0.3, -0.25) is 10.5 Å². The Bertz CT molecular complexity index is 400. The van der Waals surface area contributed by atoms with Crippen LogP contribution in [0.5, 0.6) is 0 Å². The lowest BCUT2D eigenvalue weighted by atomic mass is 9.83. The van der Waals surface area contributed by atoms with Crippen LogP contribution in [0.1, 0.15) is 46.4 Å². The van der Waals surface area contributed by atoms with E-state index in [4.69, 9.17) is 10.6 Å². The Morgan fingerprint density at radius 2 is 2.11 bits per heavy atom. The van der Waals surface area contributed by atoms with Crippen LogP contribution in [-0.2, 0) is 11.3 Å². The number of hydrazine groups is 1. The Labute approximate surface area is 124 Å². The third-order valence-electron chi connectivity index (χ3n) is 3.11. The van der Waals surface area contributed by atoms with Crippen LogP contribution in [0.3, 0.4) is 0 Å². The third-order valence-corrected chi connectivity index (χ3v) is 3.72. The van der Waals surface area contributed by atoms with E-state index in [0.29, 0.717) is 6.61 Å².